The number of nitrogens with zero attached hydrogens (tertiary/aromatic N) is 2. The number of methoxy groups -OCH3 is 2. The van der Waals surface area contributed by atoms with Gasteiger partial charge >= 0.3 is 0 Å². The summed E-state index contributed by atoms with van der Waals surface area (Å²) in [6, 6.07) is 15.3. The maximum Gasteiger partial charge on any atom is 0.174 e. The van der Waals surface area contributed by atoms with E-state index in [1.807, 2.05) is 48.5 Å². The highest BCUT2D eigenvalue weighted by molar-refractivity contribution is 7.80. The van der Waals surface area contributed by atoms with Gasteiger partial charge in [0, 0.05) is 17.1 Å². The van der Waals surface area contributed by atoms with E-state index in [1.54, 1.807) is 20.4 Å². The number of hydrogen-bond donors (Lipinski definition) is 1. The van der Waals surface area contributed by atoms with Gasteiger partial charge in [-0.25, -0.2) is 0 Å². The quantitative estimate of drug-likeness (QED) is 0.574. The molecule has 2 aromatic heterocycles. The van der Waals surface area contributed by atoms with Gasteiger partial charge in [-0.3, -0.25) is 4.98 Å². The van der Waals surface area contributed by atoms with E-state index in [4.69, 9.17) is 33.3 Å². The molecular weight excluding hydrogens is 414 g/mol. The highest BCUT2D eigenvalue weighted by atomic mass is 35.5. The van der Waals surface area contributed by atoms with Crippen molar-refractivity contribution in [1.29, 1.82) is 0 Å². The minimum absolute atomic E-state index is 0.109. The standard InChI is InChI=1S/C20H18ClN3O2S2/c1-25-12-6-7-14(15(11-12)26-2)24-19(16-8-9-17(21)28-16)18(23-20(24)27)13-5-3-4-10-22-13/h3-11,18-19H,1-2H3,(H,23,27)/t18-,19-/m1/s1. The number of rotatable bonds is 5. The Morgan fingerprint density at radius 3 is 2.64 bits per heavy atom. The van der Waals surface area contributed by atoms with Crippen LogP contribution in [0.15, 0.2) is 54.7 Å². The summed E-state index contributed by atoms with van der Waals surface area (Å²) < 4.78 is 11.7. The van der Waals surface area contributed by atoms with Crippen LogP contribution < -0.4 is 19.7 Å². The lowest BCUT2D eigenvalue weighted by atomic mass is 10.0. The van der Waals surface area contributed by atoms with Gasteiger partial charge in [-0.15, -0.1) is 11.3 Å². The molecular formula is C20H18ClN3O2S2. The zero-order chi connectivity index (χ0) is 19.7. The highest BCUT2D eigenvalue weighted by Gasteiger charge is 2.42. The molecule has 4 rings (SSSR count). The lowest BCUT2D eigenvalue weighted by Crippen LogP contribution is -2.29. The summed E-state index contributed by atoms with van der Waals surface area (Å²) in [4.78, 5) is 7.70. The maximum absolute atomic E-state index is 6.25. The molecule has 1 fully saturated rings. The number of benzene rings is 1. The van der Waals surface area contributed by atoms with E-state index in [0.717, 1.165) is 26.3 Å². The molecule has 1 aliphatic rings. The Morgan fingerprint density at radius 2 is 2.00 bits per heavy atom. The molecule has 0 radical (unpaired) electrons. The van der Waals surface area contributed by atoms with Crippen LogP contribution in [0.25, 0.3) is 0 Å². The Bertz CT molecular complexity index is 996. The van der Waals surface area contributed by atoms with Gasteiger partial charge in [0.05, 0.1) is 42.0 Å². The molecule has 0 bridgehead atoms. The second kappa shape index (κ2) is 7.95. The molecule has 3 heterocycles. The van der Waals surface area contributed by atoms with Crippen molar-refractivity contribution in [2.45, 2.75) is 12.1 Å². The number of ether oxygens (including phenoxy) is 2. The van der Waals surface area contributed by atoms with E-state index in [-0.39, 0.29) is 12.1 Å². The monoisotopic (exact) mass is 431 g/mol. The molecule has 0 aliphatic carbocycles. The fourth-order valence-corrected chi connectivity index (χ4v) is 4.90. The van der Waals surface area contributed by atoms with Gasteiger partial charge in [-0.2, -0.15) is 0 Å². The van der Waals surface area contributed by atoms with Crippen LogP contribution in [0.1, 0.15) is 22.7 Å². The normalized spacial score (nSPS) is 18.8. The first-order valence-corrected chi connectivity index (χ1v) is 10.2. The Kier molecular flexibility index (Phi) is 5.39. The first-order valence-electron chi connectivity index (χ1n) is 8.60. The third-order valence-electron chi connectivity index (χ3n) is 4.63. The van der Waals surface area contributed by atoms with Crippen LogP contribution in [0.2, 0.25) is 4.34 Å². The number of hydrogen-bond acceptors (Lipinski definition) is 5. The highest BCUT2D eigenvalue weighted by Crippen LogP contribution is 2.47. The average Bonchev–Trinajstić information content (AvgIpc) is 3.30. The van der Waals surface area contributed by atoms with Crippen LogP contribution in [-0.2, 0) is 0 Å². The number of pyridine rings is 1. The van der Waals surface area contributed by atoms with Crippen LogP contribution in [0.3, 0.4) is 0 Å². The van der Waals surface area contributed by atoms with Gasteiger partial charge in [0.15, 0.2) is 5.11 Å². The van der Waals surface area contributed by atoms with E-state index in [9.17, 15) is 0 Å². The zero-order valence-electron chi connectivity index (χ0n) is 15.3. The molecule has 3 aromatic rings. The van der Waals surface area contributed by atoms with Gasteiger partial charge in [-0.1, -0.05) is 17.7 Å². The fraction of sp³-hybridized carbons (Fsp3) is 0.200. The molecule has 2 atom stereocenters. The molecule has 1 saturated heterocycles. The summed E-state index contributed by atoms with van der Waals surface area (Å²) in [5, 5.41) is 4.03. The minimum atomic E-state index is -0.116. The first kappa shape index (κ1) is 19.0. The molecule has 28 heavy (non-hydrogen) atoms. The van der Waals surface area contributed by atoms with E-state index in [1.165, 1.54) is 11.3 Å². The Hall–Kier alpha value is -2.35. The summed E-state index contributed by atoms with van der Waals surface area (Å²) >= 11 is 13.5. The topological polar surface area (TPSA) is 46.6 Å². The van der Waals surface area contributed by atoms with Crippen LogP contribution in [-0.4, -0.2) is 24.3 Å². The van der Waals surface area contributed by atoms with Gasteiger partial charge in [0.2, 0.25) is 0 Å². The van der Waals surface area contributed by atoms with Crippen LogP contribution in [0.5, 0.6) is 11.5 Å². The summed E-state index contributed by atoms with van der Waals surface area (Å²) in [5.41, 5.74) is 1.77. The predicted molar refractivity (Wildman–Crippen MR) is 117 cm³/mol. The summed E-state index contributed by atoms with van der Waals surface area (Å²) in [5.74, 6) is 1.40. The largest absolute Gasteiger partial charge is 0.497 e. The van der Waals surface area contributed by atoms with Crippen LogP contribution >= 0.6 is 35.2 Å². The van der Waals surface area contributed by atoms with Crippen molar-refractivity contribution in [3.63, 3.8) is 0 Å². The Balaban J connectivity index is 1.84. The molecule has 0 unspecified atom stereocenters. The molecule has 0 amide bonds. The van der Waals surface area contributed by atoms with Crippen molar-refractivity contribution in [3.8, 4) is 11.5 Å². The van der Waals surface area contributed by atoms with Gasteiger partial charge in [-0.05, 0) is 48.6 Å². The second-order valence-corrected chi connectivity index (χ2v) is 8.31. The SMILES string of the molecule is COc1ccc(N2C(=S)N[C@H](c3ccccn3)[C@H]2c2ccc(Cl)s2)c(OC)c1. The molecule has 0 spiro atoms. The molecule has 144 valence electrons. The van der Waals surface area contributed by atoms with Gasteiger partial charge in [0.25, 0.3) is 0 Å². The van der Waals surface area contributed by atoms with Crippen molar-refractivity contribution in [3.05, 3.63) is 69.6 Å². The summed E-state index contributed by atoms with van der Waals surface area (Å²) in [7, 11) is 3.27. The van der Waals surface area contributed by atoms with Crippen LogP contribution in [0, 0.1) is 0 Å². The van der Waals surface area contributed by atoms with Crippen molar-refractivity contribution >= 4 is 46.0 Å². The molecule has 8 heteroatoms. The van der Waals surface area contributed by atoms with Crippen molar-refractivity contribution in [2.75, 3.05) is 19.1 Å². The maximum atomic E-state index is 6.25. The molecule has 5 nitrogen and oxygen atoms in total. The smallest absolute Gasteiger partial charge is 0.174 e. The van der Waals surface area contributed by atoms with Crippen molar-refractivity contribution in [2.24, 2.45) is 0 Å². The lowest BCUT2D eigenvalue weighted by molar-refractivity contribution is 0.394. The predicted octanol–water partition coefficient (Wildman–Crippen LogP) is 4.99. The van der Waals surface area contributed by atoms with E-state index in [2.05, 4.69) is 15.2 Å². The first-order chi connectivity index (χ1) is 13.6. The Labute approximate surface area is 177 Å². The lowest BCUT2D eigenvalue weighted by Gasteiger charge is -2.28. The number of thiocarbonyl (C=S) groups is 1. The molecule has 1 aliphatic heterocycles. The number of anilines is 1. The average molecular weight is 432 g/mol. The van der Waals surface area contributed by atoms with Gasteiger partial charge in [0.1, 0.15) is 11.5 Å². The van der Waals surface area contributed by atoms with Crippen molar-refractivity contribution < 1.29 is 9.47 Å². The van der Waals surface area contributed by atoms with E-state index >= 15 is 0 Å². The summed E-state index contributed by atoms with van der Waals surface area (Å²) in [6.45, 7) is 0. The Morgan fingerprint density at radius 1 is 1.14 bits per heavy atom. The van der Waals surface area contributed by atoms with Crippen LogP contribution in [0.4, 0.5) is 5.69 Å². The minimum Gasteiger partial charge on any atom is -0.497 e. The number of nitrogens with one attached hydrogen (secondary N) is 1. The third-order valence-corrected chi connectivity index (χ3v) is 6.25. The third kappa shape index (κ3) is 3.41. The number of halogens is 1. The van der Waals surface area contributed by atoms with Gasteiger partial charge < -0.3 is 19.7 Å². The second-order valence-electron chi connectivity index (χ2n) is 6.18. The molecule has 1 aromatic carbocycles. The zero-order valence-corrected chi connectivity index (χ0v) is 17.6. The summed E-state index contributed by atoms with van der Waals surface area (Å²) in [6.07, 6.45) is 1.79. The van der Waals surface area contributed by atoms with E-state index < -0.39 is 0 Å². The number of aromatic nitrogens is 1. The molecule has 1 N–H and O–H groups in total. The van der Waals surface area contributed by atoms with E-state index in [0.29, 0.717) is 10.9 Å². The number of thiophene rings is 1. The van der Waals surface area contributed by atoms with Crippen molar-refractivity contribution in [1.82, 2.24) is 10.3 Å². The fourth-order valence-electron chi connectivity index (χ4n) is 3.37. The molecule has 0 saturated carbocycles.